The molecule has 0 saturated carbocycles. The Morgan fingerprint density at radius 3 is 2.56 bits per heavy atom. The molecule has 0 aliphatic carbocycles. The number of benzene rings is 1. The maximum atomic E-state index is 12.2. The summed E-state index contributed by atoms with van der Waals surface area (Å²) in [5.41, 5.74) is 7.14. The van der Waals surface area contributed by atoms with Gasteiger partial charge in [0.2, 0.25) is 5.91 Å². The molecule has 1 unspecified atom stereocenters. The smallest absolute Gasteiger partial charge is 0.261 e. The fourth-order valence-corrected chi connectivity index (χ4v) is 2.95. The van der Waals surface area contributed by atoms with Crippen LogP contribution in [0.3, 0.4) is 0 Å². The third-order valence-corrected chi connectivity index (χ3v) is 4.17. The average Bonchev–Trinajstić information content (AvgIpc) is 2.57. The molecule has 0 bridgehead atoms. The van der Waals surface area contributed by atoms with Crippen molar-refractivity contribution in [2.24, 2.45) is 5.92 Å². The fraction of sp³-hybridized carbons (Fsp3) is 0.500. The molecule has 0 aromatic heterocycles. The number of carbonyl (C=O) groups is 3. The van der Waals surface area contributed by atoms with Gasteiger partial charge in [-0.2, -0.15) is 0 Å². The molecule has 1 aliphatic rings. The number of carbonyl (C=O) groups excluding carboxylic acids is 3. The molecule has 1 aromatic carbocycles. The van der Waals surface area contributed by atoms with Crippen LogP contribution in [0.5, 0.6) is 0 Å². The van der Waals surface area contributed by atoms with Crippen LogP contribution in [0, 0.1) is 5.92 Å². The molecule has 1 atom stereocenters. The third kappa shape index (κ3) is 5.20. The minimum absolute atomic E-state index is 0.0882. The third-order valence-electron chi connectivity index (χ3n) is 4.17. The highest BCUT2D eigenvalue weighted by molar-refractivity contribution is 5.89. The summed E-state index contributed by atoms with van der Waals surface area (Å²) in [6, 6.07) is 7.34. The molecule has 0 saturated heterocycles. The fourth-order valence-electron chi connectivity index (χ4n) is 2.95. The Kier molecular flexibility index (Phi) is 6.38. The number of hydrazine groups is 1. The molecular formula is C18H26N4O3. The first-order chi connectivity index (χ1) is 11.9. The Hall–Kier alpha value is -2.57. The lowest BCUT2D eigenvalue weighted by Crippen LogP contribution is -2.55. The Bertz CT molecular complexity index is 645. The van der Waals surface area contributed by atoms with Gasteiger partial charge in [0.05, 0.1) is 6.54 Å². The lowest BCUT2D eigenvalue weighted by Gasteiger charge is -2.30. The van der Waals surface area contributed by atoms with Gasteiger partial charge in [0, 0.05) is 19.2 Å². The molecule has 1 heterocycles. The van der Waals surface area contributed by atoms with Gasteiger partial charge >= 0.3 is 0 Å². The van der Waals surface area contributed by atoms with E-state index in [2.05, 4.69) is 22.2 Å². The van der Waals surface area contributed by atoms with Gasteiger partial charge in [-0.3, -0.25) is 25.2 Å². The zero-order valence-electron chi connectivity index (χ0n) is 15.0. The van der Waals surface area contributed by atoms with Gasteiger partial charge in [0.1, 0.15) is 6.04 Å². The van der Waals surface area contributed by atoms with Crippen molar-refractivity contribution in [3.63, 3.8) is 0 Å². The molecule has 136 valence electrons. The number of fused-ring (bicyclic) bond motifs is 1. The molecule has 2 rings (SSSR count). The van der Waals surface area contributed by atoms with Crippen LogP contribution in [0.25, 0.3) is 0 Å². The topological polar surface area (TPSA) is 90.5 Å². The second kappa shape index (κ2) is 8.50. The van der Waals surface area contributed by atoms with Crippen molar-refractivity contribution < 1.29 is 14.4 Å². The van der Waals surface area contributed by atoms with Gasteiger partial charge in [0.15, 0.2) is 0 Å². The van der Waals surface area contributed by atoms with Crippen LogP contribution in [0.2, 0.25) is 0 Å². The predicted molar refractivity (Wildman–Crippen MR) is 95.7 cm³/mol. The molecule has 25 heavy (non-hydrogen) atoms. The Morgan fingerprint density at radius 1 is 1.16 bits per heavy atom. The van der Waals surface area contributed by atoms with Crippen LogP contribution in [0.4, 0.5) is 5.69 Å². The molecule has 3 N–H and O–H groups in total. The summed E-state index contributed by atoms with van der Waals surface area (Å²) >= 11 is 0. The van der Waals surface area contributed by atoms with Crippen molar-refractivity contribution in [2.45, 2.75) is 39.7 Å². The summed E-state index contributed by atoms with van der Waals surface area (Å²) in [4.78, 5) is 37.6. The summed E-state index contributed by atoms with van der Waals surface area (Å²) in [5, 5.41) is 2.58. The number of nitrogens with one attached hydrogen (secondary N) is 3. The van der Waals surface area contributed by atoms with Crippen LogP contribution in [0.15, 0.2) is 24.3 Å². The van der Waals surface area contributed by atoms with Crippen molar-refractivity contribution in [2.75, 3.05) is 18.0 Å². The number of para-hydroxylation sites is 1. The number of hydrogen-bond acceptors (Lipinski definition) is 4. The molecule has 7 heteroatoms. The lowest BCUT2D eigenvalue weighted by atomic mass is 10.0. The minimum Gasteiger partial charge on any atom is -0.362 e. The molecule has 1 aromatic rings. The highest BCUT2D eigenvalue weighted by Crippen LogP contribution is 2.26. The van der Waals surface area contributed by atoms with Gasteiger partial charge in [-0.15, -0.1) is 0 Å². The highest BCUT2D eigenvalue weighted by Gasteiger charge is 2.24. The average molecular weight is 346 g/mol. The maximum absolute atomic E-state index is 12.2. The standard InChI is InChI=1S/C18H26N4O3/c1-12(2)17(19-13(3)23)18(25)21-20-16(24)11-22-10-6-8-14-7-4-5-9-15(14)22/h4-5,7,9,12,17H,6,8,10-11H2,1-3H3,(H,19,23)(H,20,24)(H,21,25). The van der Waals surface area contributed by atoms with E-state index in [1.165, 1.54) is 12.5 Å². The first-order valence-electron chi connectivity index (χ1n) is 8.57. The largest absolute Gasteiger partial charge is 0.362 e. The molecule has 0 radical (unpaired) electrons. The van der Waals surface area contributed by atoms with E-state index in [-0.39, 0.29) is 24.3 Å². The van der Waals surface area contributed by atoms with Gasteiger partial charge in [-0.05, 0) is 30.4 Å². The lowest BCUT2D eigenvalue weighted by molar-refractivity contribution is -0.132. The van der Waals surface area contributed by atoms with E-state index in [4.69, 9.17) is 0 Å². The first-order valence-corrected chi connectivity index (χ1v) is 8.57. The van der Waals surface area contributed by atoms with Crippen LogP contribution in [-0.2, 0) is 20.8 Å². The van der Waals surface area contributed by atoms with Crippen LogP contribution in [-0.4, -0.2) is 36.9 Å². The van der Waals surface area contributed by atoms with Gasteiger partial charge in [-0.25, -0.2) is 0 Å². The van der Waals surface area contributed by atoms with Crippen molar-refractivity contribution in [1.29, 1.82) is 0 Å². The van der Waals surface area contributed by atoms with Crippen molar-refractivity contribution in [3.8, 4) is 0 Å². The quantitative estimate of drug-likeness (QED) is 0.686. The first kappa shape index (κ1) is 18.8. The van der Waals surface area contributed by atoms with Crippen molar-refractivity contribution in [3.05, 3.63) is 29.8 Å². The van der Waals surface area contributed by atoms with E-state index in [0.29, 0.717) is 0 Å². The summed E-state index contributed by atoms with van der Waals surface area (Å²) in [7, 11) is 0. The van der Waals surface area contributed by atoms with E-state index in [1.54, 1.807) is 0 Å². The molecule has 1 aliphatic heterocycles. The highest BCUT2D eigenvalue weighted by atomic mass is 16.2. The zero-order chi connectivity index (χ0) is 18.4. The van der Waals surface area contributed by atoms with Crippen molar-refractivity contribution in [1.82, 2.24) is 16.2 Å². The monoisotopic (exact) mass is 346 g/mol. The SMILES string of the molecule is CC(=O)NC(C(=O)NNC(=O)CN1CCCc2ccccc21)C(C)C. The normalized spacial score (nSPS) is 14.5. The van der Waals surface area contributed by atoms with Crippen LogP contribution in [0.1, 0.15) is 32.8 Å². The second-order valence-corrected chi connectivity index (χ2v) is 6.61. The van der Waals surface area contributed by atoms with Crippen LogP contribution < -0.4 is 21.1 Å². The predicted octanol–water partition coefficient (Wildman–Crippen LogP) is 0.747. The minimum atomic E-state index is -0.687. The van der Waals surface area contributed by atoms with Gasteiger partial charge < -0.3 is 10.2 Å². The van der Waals surface area contributed by atoms with Gasteiger partial charge in [-0.1, -0.05) is 32.0 Å². The summed E-state index contributed by atoms with van der Waals surface area (Å²) in [6.07, 6.45) is 2.01. The second-order valence-electron chi connectivity index (χ2n) is 6.61. The summed E-state index contributed by atoms with van der Waals surface area (Å²) in [6.45, 7) is 5.98. The molecular weight excluding hydrogens is 320 g/mol. The van der Waals surface area contributed by atoms with E-state index < -0.39 is 11.9 Å². The number of amides is 3. The zero-order valence-corrected chi connectivity index (χ0v) is 15.0. The molecule has 3 amide bonds. The van der Waals surface area contributed by atoms with Crippen LogP contribution >= 0.6 is 0 Å². The van der Waals surface area contributed by atoms with Gasteiger partial charge in [0.25, 0.3) is 11.8 Å². The Morgan fingerprint density at radius 2 is 1.88 bits per heavy atom. The number of rotatable bonds is 5. The number of hydrogen-bond donors (Lipinski definition) is 3. The summed E-state index contributed by atoms with van der Waals surface area (Å²) < 4.78 is 0. The molecule has 0 spiro atoms. The van der Waals surface area contributed by atoms with E-state index in [9.17, 15) is 14.4 Å². The number of nitrogens with zero attached hydrogens (tertiary/aromatic N) is 1. The Balaban J connectivity index is 1.89. The van der Waals surface area contributed by atoms with E-state index in [1.807, 2.05) is 36.9 Å². The van der Waals surface area contributed by atoms with E-state index >= 15 is 0 Å². The molecule has 0 fully saturated rings. The molecule has 7 nitrogen and oxygen atoms in total. The summed E-state index contributed by atoms with van der Waals surface area (Å²) in [5.74, 6) is -1.10. The van der Waals surface area contributed by atoms with E-state index in [0.717, 1.165) is 25.1 Å². The number of aryl methyl sites for hydroxylation is 1. The Labute approximate surface area is 148 Å². The van der Waals surface area contributed by atoms with Crippen molar-refractivity contribution >= 4 is 23.4 Å². The number of anilines is 1. The maximum Gasteiger partial charge on any atom is 0.261 e.